The van der Waals surface area contributed by atoms with Gasteiger partial charge in [-0.15, -0.1) is 0 Å². The number of benzene rings is 2. The van der Waals surface area contributed by atoms with E-state index in [0.717, 1.165) is 24.2 Å². The van der Waals surface area contributed by atoms with Crippen LogP contribution in [0.3, 0.4) is 0 Å². The molecule has 2 aromatic rings. The van der Waals surface area contributed by atoms with E-state index >= 15 is 0 Å². The third-order valence-corrected chi connectivity index (χ3v) is 4.19. The van der Waals surface area contributed by atoms with Crippen LogP contribution in [0.2, 0.25) is 0 Å². The molecule has 0 spiro atoms. The van der Waals surface area contributed by atoms with E-state index in [1.54, 1.807) is 0 Å². The van der Waals surface area contributed by atoms with Crippen LogP contribution in [-0.4, -0.2) is 36.4 Å². The second-order valence-electron chi connectivity index (χ2n) is 5.90. The Morgan fingerprint density at radius 3 is 2.12 bits per heavy atom. The topological polar surface area (TPSA) is 58.6 Å². The fourth-order valence-corrected chi connectivity index (χ4v) is 2.80. The maximum absolute atomic E-state index is 12.7. The fraction of sp³-hybridized carbons (Fsp3) is 0.333. The predicted molar refractivity (Wildman–Crippen MR) is 101 cm³/mol. The monoisotopic (exact) mass is 354 g/mol. The van der Waals surface area contributed by atoms with E-state index in [0.29, 0.717) is 0 Å². The number of likely N-dealkylation sites (N-methyl/N-ethyl adjacent to an activating group) is 1. The van der Waals surface area contributed by atoms with Crippen LogP contribution >= 0.6 is 0 Å². The van der Waals surface area contributed by atoms with Crippen LogP contribution in [0.1, 0.15) is 31.0 Å². The maximum atomic E-state index is 12.7. The largest absolute Gasteiger partial charge is 0.460 e. The standard InChI is InChI=1S/C21H26N2O3/c1-3-23(4-2)20(18-13-9-6-10-14-18)21(25)22-15-19(24)26-16-17-11-7-5-8-12-17/h5-14,20H,3-4,15-16H2,1-2H3,(H,22,25). The fourth-order valence-electron chi connectivity index (χ4n) is 2.80. The van der Waals surface area contributed by atoms with Crippen molar-refractivity contribution in [2.75, 3.05) is 19.6 Å². The van der Waals surface area contributed by atoms with Crippen LogP contribution in [0.15, 0.2) is 60.7 Å². The van der Waals surface area contributed by atoms with Crippen molar-refractivity contribution in [2.24, 2.45) is 0 Å². The van der Waals surface area contributed by atoms with Gasteiger partial charge in [-0.25, -0.2) is 0 Å². The number of nitrogens with zero attached hydrogens (tertiary/aromatic N) is 1. The van der Waals surface area contributed by atoms with Gasteiger partial charge in [0.2, 0.25) is 5.91 Å². The summed E-state index contributed by atoms with van der Waals surface area (Å²) in [6.45, 7) is 5.57. The zero-order valence-corrected chi connectivity index (χ0v) is 15.4. The molecule has 138 valence electrons. The first-order valence-corrected chi connectivity index (χ1v) is 8.92. The summed E-state index contributed by atoms with van der Waals surface area (Å²) in [6, 6.07) is 18.6. The molecule has 1 unspecified atom stereocenters. The number of hydrogen-bond acceptors (Lipinski definition) is 4. The van der Waals surface area contributed by atoms with Gasteiger partial charge in [-0.2, -0.15) is 0 Å². The van der Waals surface area contributed by atoms with Crippen LogP contribution in [0.25, 0.3) is 0 Å². The number of carbonyl (C=O) groups excluding carboxylic acids is 2. The van der Waals surface area contributed by atoms with E-state index in [4.69, 9.17) is 4.74 Å². The highest BCUT2D eigenvalue weighted by Gasteiger charge is 2.26. The zero-order valence-electron chi connectivity index (χ0n) is 15.4. The first-order valence-electron chi connectivity index (χ1n) is 8.92. The molecule has 2 aromatic carbocycles. The molecule has 5 heteroatoms. The van der Waals surface area contributed by atoms with Gasteiger partial charge in [0.15, 0.2) is 0 Å². The van der Waals surface area contributed by atoms with Crippen LogP contribution < -0.4 is 5.32 Å². The molecule has 1 N–H and O–H groups in total. The number of hydrogen-bond donors (Lipinski definition) is 1. The van der Waals surface area contributed by atoms with E-state index in [9.17, 15) is 9.59 Å². The summed E-state index contributed by atoms with van der Waals surface area (Å²) >= 11 is 0. The number of nitrogens with one attached hydrogen (secondary N) is 1. The molecular formula is C21H26N2O3. The smallest absolute Gasteiger partial charge is 0.325 e. The SMILES string of the molecule is CCN(CC)C(C(=O)NCC(=O)OCc1ccccc1)c1ccccc1. The Morgan fingerprint density at radius 2 is 1.54 bits per heavy atom. The molecule has 1 atom stereocenters. The van der Waals surface area contributed by atoms with Crippen LogP contribution in [0, 0.1) is 0 Å². The lowest BCUT2D eigenvalue weighted by Crippen LogP contribution is -2.42. The first-order chi connectivity index (χ1) is 12.7. The minimum atomic E-state index is -0.450. The van der Waals surface area contributed by atoms with E-state index in [1.165, 1.54) is 0 Å². The van der Waals surface area contributed by atoms with Crippen LogP contribution in [0.4, 0.5) is 0 Å². The molecule has 0 bridgehead atoms. The van der Waals surface area contributed by atoms with Gasteiger partial charge in [-0.05, 0) is 24.2 Å². The number of ether oxygens (including phenoxy) is 1. The van der Waals surface area contributed by atoms with Gasteiger partial charge < -0.3 is 10.1 Å². The van der Waals surface area contributed by atoms with Gasteiger partial charge >= 0.3 is 5.97 Å². The molecular weight excluding hydrogens is 328 g/mol. The molecule has 2 rings (SSSR count). The van der Waals surface area contributed by atoms with Crippen LogP contribution in [-0.2, 0) is 20.9 Å². The zero-order chi connectivity index (χ0) is 18.8. The highest BCUT2D eigenvalue weighted by Crippen LogP contribution is 2.20. The Balaban J connectivity index is 1.93. The Kier molecular flexibility index (Phi) is 7.83. The average Bonchev–Trinajstić information content (AvgIpc) is 2.70. The lowest BCUT2D eigenvalue weighted by Gasteiger charge is -2.28. The Morgan fingerprint density at radius 1 is 0.962 bits per heavy atom. The van der Waals surface area contributed by atoms with Crippen molar-refractivity contribution in [2.45, 2.75) is 26.5 Å². The molecule has 0 fully saturated rings. The Labute approximate surface area is 155 Å². The van der Waals surface area contributed by atoms with Gasteiger partial charge in [0.25, 0.3) is 0 Å². The highest BCUT2D eigenvalue weighted by atomic mass is 16.5. The summed E-state index contributed by atoms with van der Waals surface area (Å²) in [7, 11) is 0. The molecule has 0 aliphatic rings. The maximum Gasteiger partial charge on any atom is 0.325 e. The van der Waals surface area contributed by atoms with Crippen molar-refractivity contribution in [1.82, 2.24) is 10.2 Å². The van der Waals surface area contributed by atoms with Crippen molar-refractivity contribution < 1.29 is 14.3 Å². The number of rotatable bonds is 9. The van der Waals surface area contributed by atoms with E-state index in [1.807, 2.05) is 74.5 Å². The lowest BCUT2D eigenvalue weighted by molar-refractivity contribution is -0.145. The summed E-state index contributed by atoms with van der Waals surface area (Å²) < 4.78 is 5.21. The second kappa shape index (κ2) is 10.4. The molecule has 0 aliphatic heterocycles. The van der Waals surface area contributed by atoms with E-state index in [-0.39, 0.29) is 19.1 Å². The van der Waals surface area contributed by atoms with Gasteiger partial charge in [0, 0.05) is 0 Å². The number of amides is 1. The van der Waals surface area contributed by atoms with Gasteiger partial charge in [0.1, 0.15) is 19.2 Å². The summed E-state index contributed by atoms with van der Waals surface area (Å²) in [5, 5.41) is 2.71. The predicted octanol–water partition coefficient (Wildman–Crippen LogP) is 2.93. The Bertz CT molecular complexity index is 685. The number of carbonyl (C=O) groups is 2. The van der Waals surface area contributed by atoms with Crippen molar-refractivity contribution in [3.63, 3.8) is 0 Å². The highest BCUT2D eigenvalue weighted by molar-refractivity contribution is 5.86. The molecule has 0 aromatic heterocycles. The summed E-state index contributed by atoms with van der Waals surface area (Å²) in [5.74, 6) is -0.648. The van der Waals surface area contributed by atoms with E-state index < -0.39 is 12.0 Å². The minimum absolute atomic E-state index is 0.143. The van der Waals surface area contributed by atoms with Crippen molar-refractivity contribution in [3.8, 4) is 0 Å². The normalized spacial score (nSPS) is 11.8. The molecule has 0 radical (unpaired) electrons. The van der Waals surface area contributed by atoms with Crippen molar-refractivity contribution >= 4 is 11.9 Å². The molecule has 0 aliphatic carbocycles. The summed E-state index contributed by atoms with van der Waals surface area (Å²) in [4.78, 5) is 26.7. The third-order valence-electron chi connectivity index (χ3n) is 4.19. The Hall–Kier alpha value is -2.66. The quantitative estimate of drug-likeness (QED) is 0.704. The molecule has 5 nitrogen and oxygen atoms in total. The second-order valence-corrected chi connectivity index (χ2v) is 5.90. The minimum Gasteiger partial charge on any atom is -0.460 e. The summed E-state index contributed by atoms with van der Waals surface area (Å²) in [5.41, 5.74) is 1.82. The van der Waals surface area contributed by atoms with Crippen molar-refractivity contribution in [1.29, 1.82) is 0 Å². The van der Waals surface area contributed by atoms with Gasteiger partial charge in [-0.3, -0.25) is 14.5 Å². The molecule has 0 heterocycles. The van der Waals surface area contributed by atoms with Crippen LogP contribution in [0.5, 0.6) is 0 Å². The first kappa shape index (κ1) is 19.7. The average molecular weight is 354 g/mol. The molecule has 0 saturated carbocycles. The van der Waals surface area contributed by atoms with Gasteiger partial charge in [0.05, 0.1) is 0 Å². The number of esters is 1. The van der Waals surface area contributed by atoms with E-state index in [2.05, 4.69) is 10.2 Å². The lowest BCUT2D eigenvalue weighted by atomic mass is 10.0. The van der Waals surface area contributed by atoms with Crippen molar-refractivity contribution in [3.05, 3.63) is 71.8 Å². The van der Waals surface area contributed by atoms with Gasteiger partial charge in [-0.1, -0.05) is 74.5 Å². The molecule has 1 amide bonds. The molecule has 26 heavy (non-hydrogen) atoms. The summed E-state index contributed by atoms with van der Waals surface area (Å²) in [6.07, 6.45) is 0. The molecule has 0 saturated heterocycles. The third kappa shape index (κ3) is 5.70.